The van der Waals surface area contributed by atoms with Gasteiger partial charge in [0.1, 0.15) is 11.5 Å². The van der Waals surface area contributed by atoms with Gasteiger partial charge in [-0.2, -0.15) is 0 Å². The SMILES string of the molecule is Cc1cc(C(C)NC(=O)c2cc(S(=O)(=O)N(C)C)ccc2N2CCCCC2)c(C)o1. The van der Waals surface area contributed by atoms with Gasteiger partial charge in [0, 0.05) is 38.4 Å². The first-order valence-electron chi connectivity index (χ1n) is 10.3. The van der Waals surface area contributed by atoms with Gasteiger partial charge in [-0.1, -0.05) is 0 Å². The summed E-state index contributed by atoms with van der Waals surface area (Å²) in [6.07, 6.45) is 3.28. The maximum Gasteiger partial charge on any atom is 0.253 e. The molecule has 0 spiro atoms. The second-order valence-electron chi connectivity index (χ2n) is 8.08. The Morgan fingerprint density at radius 2 is 1.80 bits per heavy atom. The first kappa shape index (κ1) is 22.4. The zero-order valence-corrected chi connectivity index (χ0v) is 19.2. The van der Waals surface area contributed by atoms with Crippen LogP contribution in [-0.4, -0.2) is 45.8 Å². The van der Waals surface area contributed by atoms with Crippen LogP contribution < -0.4 is 10.2 Å². The number of nitrogens with one attached hydrogen (secondary N) is 1. The average molecular weight is 434 g/mol. The molecule has 1 saturated heterocycles. The van der Waals surface area contributed by atoms with Gasteiger partial charge in [0.05, 0.1) is 16.5 Å². The Labute approximate surface area is 179 Å². The predicted octanol–water partition coefficient (Wildman–Crippen LogP) is 3.63. The summed E-state index contributed by atoms with van der Waals surface area (Å²) in [5, 5.41) is 3.02. The lowest BCUT2D eigenvalue weighted by atomic mass is 10.1. The van der Waals surface area contributed by atoms with Crippen LogP contribution in [0.2, 0.25) is 0 Å². The van der Waals surface area contributed by atoms with Gasteiger partial charge in [0.25, 0.3) is 5.91 Å². The minimum atomic E-state index is -3.64. The van der Waals surface area contributed by atoms with Gasteiger partial charge in [-0.25, -0.2) is 12.7 Å². The molecule has 3 rings (SSSR count). The number of aryl methyl sites for hydroxylation is 2. The summed E-state index contributed by atoms with van der Waals surface area (Å²) in [4.78, 5) is 15.6. The van der Waals surface area contributed by atoms with Gasteiger partial charge in [-0.15, -0.1) is 0 Å². The fourth-order valence-corrected chi connectivity index (χ4v) is 4.84. The molecular formula is C22H31N3O4S. The Morgan fingerprint density at radius 1 is 1.13 bits per heavy atom. The van der Waals surface area contributed by atoms with Crippen LogP contribution in [0.1, 0.15) is 59.7 Å². The number of carbonyl (C=O) groups excluding carboxylic acids is 1. The van der Waals surface area contributed by atoms with Crippen LogP contribution in [0.3, 0.4) is 0 Å². The molecule has 1 aliphatic heterocycles. The van der Waals surface area contributed by atoms with Crippen molar-refractivity contribution in [2.45, 2.75) is 51.0 Å². The number of rotatable bonds is 6. The Balaban J connectivity index is 1.98. The number of hydrogen-bond acceptors (Lipinski definition) is 5. The lowest BCUT2D eigenvalue weighted by Gasteiger charge is -2.31. The van der Waals surface area contributed by atoms with Crippen molar-refractivity contribution in [3.05, 3.63) is 46.9 Å². The highest BCUT2D eigenvalue weighted by Gasteiger charge is 2.25. The number of amides is 1. The maximum atomic E-state index is 13.3. The highest BCUT2D eigenvalue weighted by atomic mass is 32.2. The third kappa shape index (κ3) is 4.54. The number of hydrogen-bond donors (Lipinski definition) is 1. The number of anilines is 1. The maximum absolute atomic E-state index is 13.3. The third-order valence-corrected chi connectivity index (χ3v) is 7.39. The van der Waals surface area contributed by atoms with E-state index in [0.29, 0.717) is 5.56 Å². The molecule has 2 aromatic rings. The van der Waals surface area contributed by atoms with Crippen molar-refractivity contribution in [1.29, 1.82) is 0 Å². The van der Waals surface area contributed by atoms with Crippen LogP contribution in [-0.2, 0) is 10.0 Å². The Morgan fingerprint density at radius 3 is 2.37 bits per heavy atom. The monoisotopic (exact) mass is 433 g/mol. The van der Waals surface area contributed by atoms with Crippen molar-refractivity contribution < 1.29 is 17.6 Å². The van der Waals surface area contributed by atoms with E-state index in [4.69, 9.17) is 4.42 Å². The zero-order valence-electron chi connectivity index (χ0n) is 18.4. The molecule has 164 valence electrons. The van der Waals surface area contributed by atoms with Gasteiger partial charge < -0.3 is 14.6 Å². The second-order valence-corrected chi connectivity index (χ2v) is 10.2. The van der Waals surface area contributed by atoms with E-state index in [9.17, 15) is 13.2 Å². The van der Waals surface area contributed by atoms with E-state index in [0.717, 1.165) is 53.0 Å². The van der Waals surface area contributed by atoms with Crippen LogP contribution in [0.15, 0.2) is 33.6 Å². The standard InChI is InChI=1S/C22H31N3O4S/c1-15-13-19(17(3)29-15)16(2)23-22(26)20-14-18(30(27,28)24(4)5)9-10-21(20)25-11-7-6-8-12-25/h9-10,13-14,16H,6-8,11-12H2,1-5H3,(H,23,26). The summed E-state index contributed by atoms with van der Waals surface area (Å²) in [7, 11) is -0.673. The number of piperidine rings is 1. The van der Waals surface area contributed by atoms with E-state index in [-0.39, 0.29) is 16.8 Å². The molecule has 1 unspecified atom stereocenters. The largest absolute Gasteiger partial charge is 0.466 e. The number of carbonyl (C=O) groups is 1. The van der Waals surface area contributed by atoms with E-state index in [1.54, 1.807) is 12.1 Å². The third-order valence-electron chi connectivity index (χ3n) is 5.58. The molecule has 7 nitrogen and oxygen atoms in total. The highest BCUT2D eigenvalue weighted by Crippen LogP contribution is 2.29. The molecule has 1 atom stereocenters. The fourth-order valence-electron chi connectivity index (χ4n) is 3.91. The van der Waals surface area contributed by atoms with Crippen LogP contribution in [0.25, 0.3) is 0 Å². The van der Waals surface area contributed by atoms with E-state index in [1.165, 1.54) is 26.6 Å². The van der Waals surface area contributed by atoms with Gasteiger partial charge >= 0.3 is 0 Å². The normalized spacial score (nSPS) is 16.0. The predicted molar refractivity (Wildman–Crippen MR) is 117 cm³/mol. The average Bonchev–Trinajstić information content (AvgIpc) is 3.06. The smallest absolute Gasteiger partial charge is 0.253 e. The van der Waals surface area contributed by atoms with Crippen LogP contribution in [0.4, 0.5) is 5.69 Å². The Kier molecular flexibility index (Phi) is 6.57. The van der Waals surface area contributed by atoms with Crippen LogP contribution in [0.5, 0.6) is 0 Å². The summed E-state index contributed by atoms with van der Waals surface area (Å²) in [6.45, 7) is 7.35. The van der Waals surface area contributed by atoms with Crippen molar-refractivity contribution in [2.24, 2.45) is 0 Å². The van der Waals surface area contributed by atoms with Gasteiger partial charge in [0.2, 0.25) is 10.0 Å². The molecule has 30 heavy (non-hydrogen) atoms. The number of benzene rings is 1. The highest BCUT2D eigenvalue weighted by molar-refractivity contribution is 7.89. The summed E-state index contributed by atoms with van der Waals surface area (Å²) >= 11 is 0. The summed E-state index contributed by atoms with van der Waals surface area (Å²) < 4.78 is 32.1. The summed E-state index contributed by atoms with van der Waals surface area (Å²) in [5.74, 6) is 1.26. The zero-order chi connectivity index (χ0) is 22.1. The molecule has 1 aromatic carbocycles. The molecule has 1 amide bonds. The topological polar surface area (TPSA) is 82.9 Å². The van der Waals surface area contributed by atoms with Crippen molar-refractivity contribution in [2.75, 3.05) is 32.1 Å². The second kappa shape index (κ2) is 8.81. The van der Waals surface area contributed by atoms with E-state index >= 15 is 0 Å². The van der Waals surface area contributed by atoms with E-state index in [2.05, 4.69) is 10.2 Å². The van der Waals surface area contributed by atoms with E-state index < -0.39 is 10.0 Å². The van der Waals surface area contributed by atoms with Crippen molar-refractivity contribution in [3.8, 4) is 0 Å². The molecular weight excluding hydrogens is 402 g/mol. The van der Waals surface area contributed by atoms with Gasteiger partial charge in [-0.3, -0.25) is 4.79 Å². The molecule has 1 fully saturated rings. The molecule has 1 N–H and O–H groups in total. The summed E-state index contributed by atoms with van der Waals surface area (Å²) in [5.41, 5.74) is 2.07. The number of nitrogens with zero attached hydrogens (tertiary/aromatic N) is 2. The molecule has 1 aromatic heterocycles. The molecule has 1 aliphatic rings. The number of sulfonamides is 1. The van der Waals surface area contributed by atoms with Crippen LogP contribution in [0, 0.1) is 13.8 Å². The van der Waals surface area contributed by atoms with Crippen molar-refractivity contribution in [3.63, 3.8) is 0 Å². The fraction of sp³-hybridized carbons (Fsp3) is 0.500. The van der Waals surface area contributed by atoms with Gasteiger partial charge in [-0.05, 0) is 64.3 Å². The van der Waals surface area contributed by atoms with Crippen molar-refractivity contribution >= 4 is 21.6 Å². The van der Waals surface area contributed by atoms with Crippen LogP contribution >= 0.6 is 0 Å². The molecule has 8 heteroatoms. The van der Waals surface area contributed by atoms with Gasteiger partial charge in [0.15, 0.2) is 0 Å². The first-order valence-corrected chi connectivity index (χ1v) is 11.7. The minimum absolute atomic E-state index is 0.112. The minimum Gasteiger partial charge on any atom is -0.466 e. The quantitative estimate of drug-likeness (QED) is 0.752. The molecule has 0 radical (unpaired) electrons. The molecule has 0 saturated carbocycles. The molecule has 0 aliphatic carbocycles. The Hall–Kier alpha value is -2.32. The molecule has 0 bridgehead atoms. The first-order chi connectivity index (χ1) is 14.1. The van der Waals surface area contributed by atoms with E-state index in [1.807, 2.05) is 26.8 Å². The number of furan rings is 1. The Bertz CT molecular complexity index is 1020. The lowest BCUT2D eigenvalue weighted by molar-refractivity contribution is 0.0940. The summed E-state index contributed by atoms with van der Waals surface area (Å²) in [6, 6.07) is 6.49. The lowest BCUT2D eigenvalue weighted by Crippen LogP contribution is -2.34. The van der Waals surface area contributed by atoms with Crippen molar-refractivity contribution in [1.82, 2.24) is 9.62 Å². The molecule has 2 heterocycles.